The van der Waals surface area contributed by atoms with Crippen LogP contribution in [0.3, 0.4) is 0 Å². The number of unbranched alkanes of at least 4 members (excludes halogenated alkanes) is 20. The van der Waals surface area contributed by atoms with Crippen LogP contribution in [0, 0.1) is 5.92 Å². The molecule has 0 rings (SSSR count). The van der Waals surface area contributed by atoms with Crippen molar-refractivity contribution in [3.05, 3.63) is 24.3 Å². The Morgan fingerprint density at radius 1 is 0.553 bits per heavy atom. The molecule has 0 aromatic carbocycles. The van der Waals surface area contributed by atoms with Crippen LogP contribution in [0.1, 0.15) is 188 Å². The van der Waals surface area contributed by atoms with E-state index in [2.05, 4.69) is 45.1 Å². The van der Waals surface area contributed by atoms with E-state index in [1.165, 1.54) is 135 Å². The Balaban J connectivity index is 3.23. The molecule has 2 heteroatoms. The molecule has 224 valence electrons. The van der Waals surface area contributed by atoms with Gasteiger partial charge in [0.15, 0.2) is 0 Å². The van der Waals surface area contributed by atoms with Gasteiger partial charge in [0.2, 0.25) is 0 Å². The van der Waals surface area contributed by atoms with Gasteiger partial charge in [0.05, 0.1) is 6.61 Å². The van der Waals surface area contributed by atoms with E-state index in [9.17, 15) is 4.79 Å². The number of ether oxygens (including phenoxy) is 1. The van der Waals surface area contributed by atoms with E-state index in [4.69, 9.17) is 4.74 Å². The molecule has 0 bridgehead atoms. The van der Waals surface area contributed by atoms with Crippen LogP contribution in [0.2, 0.25) is 0 Å². The maximum absolute atomic E-state index is 11.9. The van der Waals surface area contributed by atoms with Crippen LogP contribution in [0.15, 0.2) is 24.3 Å². The summed E-state index contributed by atoms with van der Waals surface area (Å²) in [5.41, 5.74) is 0. The SMILES string of the molecule is CCCCCC=CCC=CCCCCCCCC(=O)OCCCCCCCCCCCCCCCC(C)C. The minimum absolute atomic E-state index is 0.00982. The van der Waals surface area contributed by atoms with Gasteiger partial charge in [-0.3, -0.25) is 4.79 Å². The molecule has 0 radical (unpaired) electrons. The second kappa shape index (κ2) is 32.2. The average Bonchev–Trinajstić information content (AvgIpc) is 2.90. The number of carbonyl (C=O) groups is 1. The number of hydrogen-bond acceptors (Lipinski definition) is 2. The minimum atomic E-state index is 0.00982. The Morgan fingerprint density at radius 3 is 1.53 bits per heavy atom. The van der Waals surface area contributed by atoms with Crippen molar-refractivity contribution >= 4 is 5.97 Å². The molecule has 0 aromatic heterocycles. The zero-order chi connectivity index (χ0) is 27.8. The number of esters is 1. The summed E-state index contributed by atoms with van der Waals surface area (Å²) in [6.07, 6.45) is 42.3. The van der Waals surface area contributed by atoms with E-state index >= 15 is 0 Å². The first kappa shape index (κ1) is 37.0. The molecule has 0 N–H and O–H groups in total. The van der Waals surface area contributed by atoms with Gasteiger partial charge in [-0.1, -0.05) is 161 Å². The highest BCUT2D eigenvalue weighted by Gasteiger charge is 2.02. The van der Waals surface area contributed by atoms with Crippen LogP contribution in [-0.2, 0) is 9.53 Å². The molecule has 0 heterocycles. The third-order valence-corrected chi connectivity index (χ3v) is 7.52. The molecular formula is C36H68O2. The number of rotatable bonds is 30. The van der Waals surface area contributed by atoms with Crippen molar-refractivity contribution in [1.29, 1.82) is 0 Å². The van der Waals surface area contributed by atoms with E-state index in [-0.39, 0.29) is 5.97 Å². The summed E-state index contributed by atoms with van der Waals surface area (Å²) in [5.74, 6) is 0.881. The Kier molecular flexibility index (Phi) is 31.3. The fourth-order valence-electron chi connectivity index (χ4n) is 4.94. The summed E-state index contributed by atoms with van der Waals surface area (Å²) in [6, 6.07) is 0. The highest BCUT2D eigenvalue weighted by atomic mass is 16.5. The third-order valence-electron chi connectivity index (χ3n) is 7.52. The van der Waals surface area contributed by atoms with Crippen molar-refractivity contribution in [1.82, 2.24) is 0 Å². The van der Waals surface area contributed by atoms with Gasteiger partial charge in [-0.2, -0.15) is 0 Å². The van der Waals surface area contributed by atoms with Crippen LogP contribution in [0.25, 0.3) is 0 Å². The highest BCUT2D eigenvalue weighted by Crippen LogP contribution is 2.14. The van der Waals surface area contributed by atoms with Gasteiger partial charge >= 0.3 is 5.97 Å². The first-order valence-electron chi connectivity index (χ1n) is 17.1. The molecule has 0 spiro atoms. The number of hydrogen-bond donors (Lipinski definition) is 0. The second-order valence-electron chi connectivity index (χ2n) is 12.0. The minimum Gasteiger partial charge on any atom is -0.466 e. The summed E-state index contributed by atoms with van der Waals surface area (Å²) in [6.45, 7) is 7.53. The summed E-state index contributed by atoms with van der Waals surface area (Å²) < 4.78 is 5.43. The third kappa shape index (κ3) is 33.0. The van der Waals surface area contributed by atoms with Gasteiger partial charge in [-0.05, 0) is 50.9 Å². The van der Waals surface area contributed by atoms with E-state index in [0.717, 1.165) is 31.6 Å². The van der Waals surface area contributed by atoms with Gasteiger partial charge < -0.3 is 4.74 Å². The largest absolute Gasteiger partial charge is 0.466 e. The van der Waals surface area contributed by atoms with Crippen LogP contribution in [0.5, 0.6) is 0 Å². The molecule has 0 saturated heterocycles. The lowest BCUT2D eigenvalue weighted by atomic mass is 10.0. The Bertz CT molecular complexity index is 519. The monoisotopic (exact) mass is 533 g/mol. The standard InChI is InChI=1S/C36H68O2/c1-4-5-6-7-8-9-10-11-12-15-18-21-24-27-30-33-36(37)38-34-31-28-25-22-19-16-13-14-17-20-23-26-29-32-35(2)3/h8-9,11-12,35H,4-7,10,13-34H2,1-3H3. The van der Waals surface area contributed by atoms with E-state index in [1.807, 2.05) is 0 Å². The normalized spacial score (nSPS) is 11.9. The number of allylic oxidation sites excluding steroid dienone is 4. The van der Waals surface area contributed by atoms with Crippen molar-refractivity contribution < 1.29 is 9.53 Å². The zero-order valence-electron chi connectivity index (χ0n) is 26.3. The van der Waals surface area contributed by atoms with Gasteiger partial charge in [0, 0.05) is 6.42 Å². The van der Waals surface area contributed by atoms with Crippen molar-refractivity contribution in [3.63, 3.8) is 0 Å². The summed E-state index contributed by atoms with van der Waals surface area (Å²) >= 11 is 0. The first-order chi connectivity index (χ1) is 18.7. The fourth-order valence-corrected chi connectivity index (χ4v) is 4.94. The molecule has 38 heavy (non-hydrogen) atoms. The zero-order valence-corrected chi connectivity index (χ0v) is 26.3. The molecule has 0 aliphatic carbocycles. The first-order valence-corrected chi connectivity index (χ1v) is 17.1. The smallest absolute Gasteiger partial charge is 0.305 e. The van der Waals surface area contributed by atoms with Crippen molar-refractivity contribution in [2.75, 3.05) is 6.61 Å². The maximum Gasteiger partial charge on any atom is 0.305 e. The summed E-state index contributed by atoms with van der Waals surface area (Å²) in [5, 5.41) is 0. The molecule has 0 atom stereocenters. The topological polar surface area (TPSA) is 26.3 Å². The summed E-state index contributed by atoms with van der Waals surface area (Å²) in [7, 11) is 0. The van der Waals surface area contributed by atoms with Gasteiger partial charge in [-0.25, -0.2) is 0 Å². The predicted octanol–water partition coefficient (Wildman–Crippen LogP) is 12.5. The Morgan fingerprint density at radius 2 is 1.00 bits per heavy atom. The molecule has 0 aliphatic rings. The van der Waals surface area contributed by atoms with Crippen molar-refractivity contribution in [2.45, 2.75) is 188 Å². The maximum atomic E-state index is 11.9. The quantitative estimate of drug-likeness (QED) is 0.0522. The Hall–Kier alpha value is -1.05. The van der Waals surface area contributed by atoms with Crippen molar-refractivity contribution in [3.8, 4) is 0 Å². The summed E-state index contributed by atoms with van der Waals surface area (Å²) in [4.78, 5) is 11.9. The fraction of sp³-hybridized carbons (Fsp3) is 0.861. The molecule has 0 aromatic rings. The van der Waals surface area contributed by atoms with Crippen LogP contribution in [-0.4, -0.2) is 12.6 Å². The highest BCUT2D eigenvalue weighted by molar-refractivity contribution is 5.69. The molecule has 0 saturated carbocycles. The van der Waals surface area contributed by atoms with Crippen LogP contribution >= 0.6 is 0 Å². The lowest BCUT2D eigenvalue weighted by Gasteiger charge is -2.06. The molecule has 0 fully saturated rings. The van der Waals surface area contributed by atoms with Crippen LogP contribution < -0.4 is 0 Å². The van der Waals surface area contributed by atoms with E-state index in [1.54, 1.807) is 0 Å². The predicted molar refractivity (Wildman–Crippen MR) is 170 cm³/mol. The van der Waals surface area contributed by atoms with Gasteiger partial charge in [0.25, 0.3) is 0 Å². The molecule has 0 unspecified atom stereocenters. The van der Waals surface area contributed by atoms with E-state index in [0.29, 0.717) is 13.0 Å². The number of carbonyl (C=O) groups excluding carboxylic acids is 1. The van der Waals surface area contributed by atoms with Crippen molar-refractivity contribution in [2.24, 2.45) is 5.92 Å². The second-order valence-corrected chi connectivity index (χ2v) is 12.0. The van der Waals surface area contributed by atoms with E-state index < -0.39 is 0 Å². The molecular weight excluding hydrogens is 464 g/mol. The van der Waals surface area contributed by atoms with Gasteiger partial charge in [-0.15, -0.1) is 0 Å². The lowest BCUT2D eigenvalue weighted by molar-refractivity contribution is -0.143. The average molecular weight is 533 g/mol. The van der Waals surface area contributed by atoms with Crippen LogP contribution in [0.4, 0.5) is 0 Å². The lowest BCUT2D eigenvalue weighted by Crippen LogP contribution is -2.05. The molecule has 2 nitrogen and oxygen atoms in total. The molecule has 0 amide bonds. The van der Waals surface area contributed by atoms with Gasteiger partial charge in [0.1, 0.15) is 0 Å². The Labute approximate surface area is 239 Å². The molecule has 0 aliphatic heterocycles.